The number of nitrogens with zero attached hydrogens (tertiary/aromatic N) is 2. The highest BCUT2D eigenvalue weighted by atomic mass is 16.6. The number of nitrogens with one attached hydrogen (secondary N) is 1. The molecule has 0 saturated carbocycles. The maximum absolute atomic E-state index is 12.6. The number of pyridine rings is 2. The average molecular weight is 548 g/mol. The van der Waals surface area contributed by atoms with Gasteiger partial charge in [0, 0.05) is 35.3 Å². The third-order valence-electron chi connectivity index (χ3n) is 6.18. The highest BCUT2D eigenvalue weighted by Gasteiger charge is 2.22. The molecule has 0 bridgehead atoms. The second kappa shape index (κ2) is 13.5. The number of carbonyl (C=O) groups is 2. The van der Waals surface area contributed by atoms with Gasteiger partial charge in [-0.3, -0.25) is 9.97 Å². The number of amides is 1. The number of benzene rings is 1. The van der Waals surface area contributed by atoms with Gasteiger partial charge >= 0.3 is 12.1 Å². The lowest BCUT2D eigenvalue weighted by Gasteiger charge is -2.23. The summed E-state index contributed by atoms with van der Waals surface area (Å²) in [6.45, 7) is 14.7. The molecule has 214 valence electrons. The van der Waals surface area contributed by atoms with Crippen LogP contribution in [0.5, 0.6) is 0 Å². The van der Waals surface area contributed by atoms with Crippen molar-refractivity contribution in [3.05, 3.63) is 81.9 Å². The van der Waals surface area contributed by atoms with E-state index in [4.69, 9.17) is 19.2 Å². The zero-order valence-corrected chi connectivity index (χ0v) is 24.9. The second-order valence-electron chi connectivity index (χ2n) is 11.3. The average Bonchev–Trinajstić information content (AvgIpc) is 2.88. The molecule has 2 aromatic heterocycles. The minimum Gasteiger partial charge on any atom is -0.465 e. The first-order valence-electron chi connectivity index (χ1n) is 13.5. The van der Waals surface area contributed by atoms with Gasteiger partial charge in [0.05, 0.1) is 31.6 Å². The number of aromatic nitrogens is 2. The number of methoxy groups -OCH3 is 1. The second-order valence-corrected chi connectivity index (χ2v) is 11.3. The van der Waals surface area contributed by atoms with Gasteiger partial charge in [-0.1, -0.05) is 43.7 Å². The van der Waals surface area contributed by atoms with Gasteiger partial charge < -0.3 is 19.5 Å². The molecule has 1 aromatic carbocycles. The van der Waals surface area contributed by atoms with Crippen molar-refractivity contribution >= 4 is 12.1 Å². The number of aryl methyl sites for hydroxylation is 2. The van der Waals surface area contributed by atoms with Gasteiger partial charge in [-0.25, -0.2) is 9.59 Å². The SMILES string of the molecule is COC(=O)c1ccc(COCc2c(C)nc(CC(C)C)c(CNC(=O)OC(C)(C)C)c2-c2ccc(C)cc2)nc1. The molecule has 0 aliphatic heterocycles. The Morgan fingerprint density at radius 1 is 0.975 bits per heavy atom. The van der Waals surface area contributed by atoms with Gasteiger partial charge in [0.2, 0.25) is 0 Å². The number of hydrogen-bond acceptors (Lipinski definition) is 7. The van der Waals surface area contributed by atoms with E-state index < -0.39 is 17.7 Å². The van der Waals surface area contributed by atoms with E-state index in [-0.39, 0.29) is 13.2 Å². The molecule has 0 unspecified atom stereocenters. The summed E-state index contributed by atoms with van der Waals surface area (Å²) >= 11 is 0. The fraction of sp³-hybridized carbons (Fsp3) is 0.438. The minimum absolute atomic E-state index is 0.257. The Kier molecular flexibility index (Phi) is 10.4. The summed E-state index contributed by atoms with van der Waals surface area (Å²) in [5.41, 5.74) is 7.40. The maximum atomic E-state index is 12.6. The van der Waals surface area contributed by atoms with Gasteiger partial charge in [-0.2, -0.15) is 0 Å². The zero-order chi connectivity index (χ0) is 29.4. The van der Waals surface area contributed by atoms with Gasteiger partial charge in [0.25, 0.3) is 0 Å². The number of ether oxygens (including phenoxy) is 3. The fourth-order valence-corrected chi connectivity index (χ4v) is 4.32. The molecule has 3 rings (SSSR count). The molecule has 0 atom stereocenters. The molecule has 0 aliphatic rings. The molecule has 0 fully saturated rings. The standard InChI is InChI=1S/C32H41N3O5/c1-20(2)15-28-26(17-34-31(37)40-32(5,6)7)29(23-11-9-21(3)10-12-23)27(22(4)35-28)19-39-18-25-14-13-24(16-33-25)30(36)38-8/h9-14,16,20H,15,17-19H2,1-8H3,(H,34,37). The van der Waals surface area contributed by atoms with Crippen LogP contribution in [0.2, 0.25) is 0 Å². The largest absolute Gasteiger partial charge is 0.465 e. The van der Waals surface area contributed by atoms with Crippen LogP contribution >= 0.6 is 0 Å². The predicted molar refractivity (Wildman–Crippen MR) is 155 cm³/mol. The molecular weight excluding hydrogens is 506 g/mol. The van der Waals surface area contributed by atoms with Crippen molar-refractivity contribution in [2.24, 2.45) is 5.92 Å². The van der Waals surface area contributed by atoms with Crippen LogP contribution in [0.3, 0.4) is 0 Å². The number of esters is 1. The van der Waals surface area contributed by atoms with E-state index in [1.807, 2.05) is 27.7 Å². The number of rotatable bonds is 10. The molecule has 0 spiro atoms. The molecule has 0 saturated heterocycles. The van der Waals surface area contributed by atoms with Gasteiger partial charge in [0.1, 0.15) is 5.60 Å². The van der Waals surface area contributed by atoms with E-state index in [0.29, 0.717) is 23.8 Å². The first-order chi connectivity index (χ1) is 18.9. The Morgan fingerprint density at radius 3 is 2.25 bits per heavy atom. The van der Waals surface area contributed by atoms with Crippen molar-refractivity contribution in [1.82, 2.24) is 15.3 Å². The van der Waals surface area contributed by atoms with E-state index in [0.717, 1.165) is 45.6 Å². The lowest BCUT2D eigenvalue weighted by molar-refractivity contribution is 0.0522. The highest BCUT2D eigenvalue weighted by Crippen LogP contribution is 2.33. The van der Waals surface area contributed by atoms with Crippen LogP contribution in [0.1, 0.15) is 78.7 Å². The first-order valence-corrected chi connectivity index (χ1v) is 13.5. The molecule has 40 heavy (non-hydrogen) atoms. The lowest BCUT2D eigenvalue weighted by atomic mass is 9.90. The molecule has 2 heterocycles. The van der Waals surface area contributed by atoms with Crippen molar-refractivity contribution in [3.63, 3.8) is 0 Å². The predicted octanol–water partition coefficient (Wildman–Crippen LogP) is 6.49. The van der Waals surface area contributed by atoms with Gasteiger partial charge in [-0.05, 0) is 70.2 Å². The van der Waals surface area contributed by atoms with Crippen LogP contribution in [0.25, 0.3) is 11.1 Å². The van der Waals surface area contributed by atoms with Crippen LogP contribution in [-0.2, 0) is 40.4 Å². The third-order valence-corrected chi connectivity index (χ3v) is 6.18. The van der Waals surface area contributed by atoms with Crippen LogP contribution in [-0.4, -0.2) is 34.7 Å². The summed E-state index contributed by atoms with van der Waals surface area (Å²) in [4.78, 5) is 33.6. The molecule has 0 radical (unpaired) electrons. The Bertz CT molecular complexity index is 1310. The number of carbonyl (C=O) groups excluding carboxylic acids is 2. The monoisotopic (exact) mass is 547 g/mol. The van der Waals surface area contributed by atoms with Crippen LogP contribution in [0, 0.1) is 19.8 Å². The Balaban J connectivity index is 1.98. The summed E-state index contributed by atoms with van der Waals surface area (Å²) in [5.74, 6) is -0.0578. The highest BCUT2D eigenvalue weighted by molar-refractivity contribution is 5.88. The molecule has 8 nitrogen and oxygen atoms in total. The van der Waals surface area contributed by atoms with E-state index in [1.54, 1.807) is 12.1 Å². The van der Waals surface area contributed by atoms with Crippen molar-refractivity contribution in [2.75, 3.05) is 7.11 Å². The first kappa shape index (κ1) is 30.8. The maximum Gasteiger partial charge on any atom is 0.407 e. The summed E-state index contributed by atoms with van der Waals surface area (Å²) in [7, 11) is 1.34. The Hall–Kier alpha value is -3.78. The van der Waals surface area contributed by atoms with E-state index >= 15 is 0 Å². The third kappa shape index (κ3) is 8.61. The van der Waals surface area contributed by atoms with E-state index in [2.05, 4.69) is 55.3 Å². The minimum atomic E-state index is -0.599. The topological polar surface area (TPSA) is 99.6 Å². The zero-order valence-electron chi connectivity index (χ0n) is 24.9. The summed E-state index contributed by atoms with van der Waals surface area (Å²) < 4.78 is 16.4. The summed E-state index contributed by atoms with van der Waals surface area (Å²) in [5, 5.41) is 2.95. The molecule has 8 heteroatoms. The molecule has 3 aromatic rings. The van der Waals surface area contributed by atoms with Crippen LogP contribution in [0.15, 0.2) is 42.6 Å². The van der Waals surface area contributed by atoms with Crippen LogP contribution < -0.4 is 5.32 Å². The molecule has 1 N–H and O–H groups in total. The van der Waals surface area contributed by atoms with Crippen molar-refractivity contribution in [2.45, 2.75) is 80.2 Å². The van der Waals surface area contributed by atoms with Crippen molar-refractivity contribution < 1.29 is 23.8 Å². The lowest BCUT2D eigenvalue weighted by Crippen LogP contribution is -2.32. The fourth-order valence-electron chi connectivity index (χ4n) is 4.32. The van der Waals surface area contributed by atoms with E-state index in [1.165, 1.54) is 13.3 Å². The Labute approximate surface area is 237 Å². The number of hydrogen-bond donors (Lipinski definition) is 1. The van der Waals surface area contributed by atoms with Gasteiger partial charge in [-0.15, -0.1) is 0 Å². The summed E-state index contributed by atoms with van der Waals surface area (Å²) in [6, 6.07) is 11.8. The van der Waals surface area contributed by atoms with Crippen molar-refractivity contribution in [1.29, 1.82) is 0 Å². The quantitative estimate of drug-likeness (QED) is 0.290. The van der Waals surface area contributed by atoms with Crippen molar-refractivity contribution in [3.8, 4) is 11.1 Å². The van der Waals surface area contributed by atoms with Gasteiger partial charge in [0.15, 0.2) is 0 Å². The number of alkyl carbamates (subject to hydrolysis) is 1. The van der Waals surface area contributed by atoms with E-state index in [9.17, 15) is 9.59 Å². The molecule has 0 aliphatic carbocycles. The smallest absolute Gasteiger partial charge is 0.407 e. The molecule has 1 amide bonds. The molecular formula is C32H41N3O5. The summed E-state index contributed by atoms with van der Waals surface area (Å²) in [6.07, 6.45) is 1.77. The normalized spacial score (nSPS) is 11.4. The Morgan fingerprint density at radius 2 is 1.68 bits per heavy atom. The van der Waals surface area contributed by atoms with Crippen LogP contribution in [0.4, 0.5) is 4.79 Å².